The van der Waals surface area contributed by atoms with E-state index >= 15 is 0 Å². The van der Waals surface area contributed by atoms with E-state index in [1.165, 1.54) is 6.92 Å². The number of rotatable bonds is 15. The molecule has 2 amide bonds. The van der Waals surface area contributed by atoms with E-state index in [0.29, 0.717) is 25.9 Å². The van der Waals surface area contributed by atoms with Crippen LogP contribution in [0, 0.1) is 0 Å². The summed E-state index contributed by atoms with van der Waals surface area (Å²) >= 11 is 0. The molecule has 5 rings (SSSR count). The molecule has 4 N–H and O–H groups in total. The SMILES string of the molecule is CC(=O)NCCCCCC(=O)NCc1cccc(-c2ccc([C@H]3O[C@@H](CN4CCC[C@H]4CO)C[C@@H](c4ccc(CO)cc4)O3)cc2)c1. The number of hydrogen-bond donors (Lipinski definition) is 4. The summed E-state index contributed by atoms with van der Waals surface area (Å²) in [6, 6.07) is 24.6. The number of nitrogens with zero attached hydrogens (tertiary/aromatic N) is 1. The Morgan fingerprint density at radius 2 is 1.66 bits per heavy atom. The molecule has 0 bridgehead atoms. The van der Waals surface area contributed by atoms with Crippen LogP contribution in [0.3, 0.4) is 0 Å². The fourth-order valence-electron chi connectivity index (χ4n) is 6.47. The average molecular weight is 644 g/mol. The second-order valence-electron chi connectivity index (χ2n) is 12.7. The Morgan fingerprint density at radius 3 is 2.40 bits per heavy atom. The Bertz CT molecular complexity index is 1430. The molecule has 2 aliphatic rings. The molecule has 252 valence electrons. The van der Waals surface area contributed by atoms with Gasteiger partial charge in [0.15, 0.2) is 6.29 Å². The molecule has 9 nitrogen and oxygen atoms in total. The third kappa shape index (κ3) is 10.2. The average Bonchev–Trinajstić information content (AvgIpc) is 3.55. The summed E-state index contributed by atoms with van der Waals surface area (Å²) < 4.78 is 13.1. The van der Waals surface area contributed by atoms with Gasteiger partial charge in [0.2, 0.25) is 11.8 Å². The van der Waals surface area contributed by atoms with Gasteiger partial charge in [0, 0.05) is 51.0 Å². The Hall–Kier alpha value is -3.60. The zero-order chi connectivity index (χ0) is 33.0. The maximum Gasteiger partial charge on any atom is 0.220 e. The lowest BCUT2D eigenvalue weighted by atomic mass is 9.98. The van der Waals surface area contributed by atoms with Gasteiger partial charge in [0.25, 0.3) is 0 Å². The minimum Gasteiger partial charge on any atom is -0.395 e. The van der Waals surface area contributed by atoms with Crippen LogP contribution in [0.1, 0.15) is 86.5 Å². The maximum absolute atomic E-state index is 12.4. The fraction of sp³-hybridized carbons (Fsp3) is 0.474. The molecule has 0 spiro atoms. The van der Waals surface area contributed by atoms with E-state index in [2.05, 4.69) is 51.9 Å². The highest BCUT2D eigenvalue weighted by atomic mass is 16.7. The van der Waals surface area contributed by atoms with Crippen molar-refractivity contribution in [3.8, 4) is 11.1 Å². The van der Waals surface area contributed by atoms with Crippen LogP contribution < -0.4 is 10.6 Å². The number of carbonyl (C=O) groups is 2. The first-order valence-electron chi connectivity index (χ1n) is 17.0. The van der Waals surface area contributed by atoms with Gasteiger partial charge in [-0.2, -0.15) is 0 Å². The van der Waals surface area contributed by atoms with Gasteiger partial charge < -0.3 is 30.3 Å². The number of likely N-dealkylation sites (tertiary alicyclic amines) is 1. The Morgan fingerprint density at radius 1 is 0.872 bits per heavy atom. The maximum atomic E-state index is 12.4. The largest absolute Gasteiger partial charge is 0.395 e. The van der Waals surface area contributed by atoms with Gasteiger partial charge >= 0.3 is 0 Å². The van der Waals surface area contributed by atoms with Crippen molar-refractivity contribution in [3.05, 3.63) is 95.1 Å². The minimum absolute atomic E-state index is 0.00456. The van der Waals surface area contributed by atoms with Gasteiger partial charge in [-0.15, -0.1) is 0 Å². The number of hydrogen-bond acceptors (Lipinski definition) is 7. The van der Waals surface area contributed by atoms with Gasteiger partial charge in [-0.1, -0.05) is 73.2 Å². The number of aliphatic hydroxyl groups is 2. The van der Waals surface area contributed by atoms with Crippen LogP contribution in [0.25, 0.3) is 11.1 Å². The highest BCUT2D eigenvalue weighted by Gasteiger charge is 2.35. The number of benzene rings is 3. The second-order valence-corrected chi connectivity index (χ2v) is 12.7. The molecule has 0 saturated carbocycles. The first-order valence-corrected chi connectivity index (χ1v) is 17.0. The Kier molecular flexibility index (Phi) is 12.9. The first-order chi connectivity index (χ1) is 22.9. The number of ether oxygens (including phenoxy) is 2. The third-order valence-corrected chi connectivity index (χ3v) is 9.15. The second kappa shape index (κ2) is 17.5. The van der Waals surface area contributed by atoms with Crippen LogP contribution in [-0.4, -0.2) is 65.3 Å². The molecule has 2 aliphatic heterocycles. The van der Waals surface area contributed by atoms with Crippen molar-refractivity contribution >= 4 is 11.8 Å². The smallest absolute Gasteiger partial charge is 0.220 e. The van der Waals surface area contributed by atoms with Crippen LogP contribution in [0.2, 0.25) is 0 Å². The fourth-order valence-corrected chi connectivity index (χ4v) is 6.47. The highest BCUT2D eigenvalue weighted by molar-refractivity contribution is 5.76. The quantitative estimate of drug-likeness (QED) is 0.169. The number of nitrogens with one attached hydrogen (secondary N) is 2. The molecule has 2 saturated heterocycles. The van der Waals surface area contributed by atoms with Crippen molar-refractivity contribution < 1.29 is 29.3 Å². The lowest BCUT2D eigenvalue weighted by Crippen LogP contribution is -2.42. The molecule has 0 unspecified atom stereocenters. The van der Waals surface area contributed by atoms with Crippen LogP contribution in [-0.2, 0) is 32.2 Å². The lowest BCUT2D eigenvalue weighted by molar-refractivity contribution is -0.253. The van der Waals surface area contributed by atoms with Crippen LogP contribution in [0.4, 0.5) is 0 Å². The third-order valence-electron chi connectivity index (χ3n) is 9.15. The molecule has 0 aromatic heterocycles. The minimum atomic E-state index is -0.535. The van der Waals surface area contributed by atoms with E-state index in [1.807, 2.05) is 36.4 Å². The summed E-state index contributed by atoms with van der Waals surface area (Å²) in [6.45, 7) is 4.51. The molecule has 3 aromatic rings. The van der Waals surface area contributed by atoms with Crippen molar-refractivity contribution in [1.82, 2.24) is 15.5 Å². The summed E-state index contributed by atoms with van der Waals surface area (Å²) in [4.78, 5) is 25.7. The van der Waals surface area contributed by atoms with E-state index < -0.39 is 6.29 Å². The highest BCUT2D eigenvalue weighted by Crippen LogP contribution is 2.39. The van der Waals surface area contributed by atoms with Crippen LogP contribution in [0.5, 0.6) is 0 Å². The zero-order valence-corrected chi connectivity index (χ0v) is 27.4. The molecule has 0 radical (unpaired) electrons. The Labute approximate surface area is 278 Å². The van der Waals surface area contributed by atoms with E-state index in [-0.39, 0.29) is 43.3 Å². The zero-order valence-electron chi connectivity index (χ0n) is 27.4. The number of unbranched alkanes of at least 4 members (excludes halogenated alkanes) is 2. The molecular formula is C38H49N3O6. The van der Waals surface area contributed by atoms with Gasteiger partial charge in [-0.05, 0) is 66.1 Å². The molecule has 2 heterocycles. The topological polar surface area (TPSA) is 120 Å². The normalized spacial score (nSPS) is 21.4. The van der Waals surface area contributed by atoms with Crippen LogP contribution in [0.15, 0.2) is 72.8 Å². The van der Waals surface area contributed by atoms with Crippen LogP contribution >= 0.6 is 0 Å². The monoisotopic (exact) mass is 643 g/mol. The predicted molar refractivity (Wildman–Crippen MR) is 181 cm³/mol. The molecule has 2 fully saturated rings. The van der Waals surface area contributed by atoms with E-state index in [9.17, 15) is 19.8 Å². The molecular weight excluding hydrogens is 594 g/mol. The van der Waals surface area contributed by atoms with E-state index in [1.54, 1.807) is 0 Å². The standard InChI is InChI=1S/C38H49N3O6/c1-27(44)39-19-4-2-3-10-37(45)40-23-29-7-5-8-33(21-29)30-15-17-32(18-16-30)38-46-35(24-41-20-6-9-34(41)26-43)22-36(47-38)31-13-11-28(25-42)12-14-31/h5,7-8,11-18,21,34-36,38,42-43H,2-4,6,9-10,19-20,22-26H2,1H3,(H,39,44)(H,40,45)/t34-,35+,36-,38-/m0/s1. The molecule has 0 aliphatic carbocycles. The van der Waals surface area contributed by atoms with E-state index in [4.69, 9.17) is 9.47 Å². The molecule has 3 aromatic carbocycles. The first kappa shape index (κ1) is 34.7. The summed E-state index contributed by atoms with van der Waals surface area (Å²) in [5.41, 5.74) is 6.03. The van der Waals surface area contributed by atoms with Crippen molar-refractivity contribution in [3.63, 3.8) is 0 Å². The Balaban J connectivity index is 1.20. The lowest BCUT2D eigenvalue weighted by Gasteiger charge is -2.38. The summed E-state index contributed by atoms with van der Waals surface area (Å²) in [5, 5.41) is 25.2. The van der Waals surface area contributed by atoms with Crippen molar-refractivity contribution in [2.45, 2.75) is 89.6 Å². The number of amides is 2. The molecule has 47 heavy (non-hydrogen) atoms. The number of aliphatic hydroxyl groups excluding tert-OH is 2. The van der Waals surface area contributed by atoms with Gasteiger partial charge in [0.05, 0.1) is 25.4 Å². The van der Waals surface area contributed by atoms with Gasteiger partial charge in [-0.3, -0.25) is 14.5 Å². The van der Waals surface area contributed by atoms with Gasteiger partial charge in [0.1, 0.15) is 0 Å². The predicted octanol–water partition coefficient (Wildman–Crippen LogP) is 5.16. The molecule has 9 heteroatoms. The molecule has 4 atom stereocenters. The summed E-state index contributed by atoms with van der Waals surface area (Å²) in [5.74, 6) is 0.00745. The van der Waals surface area contributed by atoms with Gasteiger partial charge in [-0.25, -0.2) is 0 Å². The van der Waals surface area contributed by atoms with Crippen molar-refractivity contribution in [2.75, 3.05) is 26.2 Å². The number of carbonyl (C=O) groups excluding carboxylic acids is 2. The summed E-state index contributed by atoms with van der Waals surface area (Å²) in [7, 11) is 0. The van der Waals surface area contributed by atoms with E-state index in [0.717, 1.165) is 78.6 Å². The summed E-state index contributed by atoms with van der Waals surface area (Å²) in [6.07, 6.45) is 5.10. The van der Waals surface area contributed by atoms with Crippen molar-refractivity contribution in [1.29, 1.82) is 0 Å². The van der Waals surface area contributed by atoms with Crippen molar-refractivity contribution in [2.24, 2.45) is 0 Å².